The average Bonchev–Trinajstić information content (AvgIpc) is 3.05. The highest BCUT2D eigenvalue weighted by molar-refractivity contribution is 6.29. The molecule has 0 saturated carbocycles. The summed E-state index contributed by atoms with van der Waals surface area (Å²) in [6.45, 7) is 2.52. The molecule has 1 fully saturated rings. The first kappa shape index (κ1) is 18.8. The lowest BCUT2D eigenvalue weighted by atomic mass is 10.1. The van der Waals surface area contributed by atoms with Gasteiger partial charge in [0, 0.05) is 42.7 Å². The molecule has 1 saturated heterocycles. The number of hydrogen-bond donors (Lipinski definition) is 1. The number of rotatable bonds is 2. The lowest BCUT2D eigenvalue weighted by molar-refractivity contribution is 0.0578. The van der Waals surface area contributed by atoms with E-state index in [1.54, 1.807) is 35.2 Å². The summed E-state index contributed by atoms with van der Waals surface area (Å²) in [5.74, 6) is 0.0640. The van der Waals surface area contributed by atoms with Gasteiger partial charge in [-0.3, -0.25) is 9.69 Å². The molecule has 4 heterocycles. The van der Waals surface area contributed by atoms with Crippen LogP contribution in [0.5, 0.6) is 0 Å². The third kappa shape index (κ3) is 3.24. The first-order valence-corrected chi connectivity index (χ1v) is 10.0. The van der Waals surface area contributed by atoms with Crippen molar-refractivity contribution in [1.29, 1.82) is 0 Å². The number of carbonyl (C=O) groups is 2. The molecule has 2 amide bonds. The minimum Gasteiger partial charge on any atom is -0.420 e. The van der Waals surface area contributed by atoms with Gasteiger partial charge in [-0.05, 0) is 30.3 Å². The first-order valence-electron chi connectivity index (χ1n) is 9.64. The lowest BCUT2D eigenvalue weighted by Gasteiger charge is -2.30. The number of piperazine rings is 1. The summed E-state index contributed by atoms with van der Waals surface area (Å²) in [4.78, 5) is 37.8. The number of benzene rings is 1. The Morgan fingerprint density at radius 1 is 1.07 bits per heavy atom. The van der Waals surface area contributed by atoms with Crippen LogP contribution in [0, 0.1) is 0 Å². The van der Waals surface area contributed by atoms with E-state index in [-0.39, 0.29) is 5.91 Å². The van der Waals surface area contributed by atoms with Crippen LogP contribution in [-0.2, 0) is 4.74 Å². The van der Waals surface area contributed by atoms with Gasteiger partial charge in [0.2, 0.25) is 6.23 Å². The molecule has 0 bridgehead atoms. The maximum atomic E-state index is 13.2. The van der Waals surface area contributed by atoms with Crippen LogP contribution in [0.25, 0.3) is 11.0 Å². The molecule has 2 aromatic heterocycles. The number of nitrogens with one attached hydrogen (secondary N) is 1. The predicted molar refractivity (Wildman–Crippen MR) is 111 cm³/mol. The van der Waals surface area contributed by atoms with Gasteiger partial charge in [-0.2, -0.15) is 0 Å². The van der Waals surface area contributed by atoms with Crippen LogP contribution in [-0.4, -0.2) is 53.0 Å². The standard InChI is InChI=1S/C21H18ClN5O3/c22-16-7-5-13-6-8-17(25-18(13)24-16)27-19(28)14-3-1-2-4-15(14)20(27)30-21(29)26-11-9-23-10-12-26/h1-8,20,23H,9-12H2. The van der Waals surface area contributed by atoms with Crippen molar-refractivity contribution >= 4 is 40.5 Å². The zero-order valence-electron chi connectivity index (χ0n) is 15.9. The number of pyridine rings is 2. The van der Waals surface area contributed by atoms with Gasteiger partial charge in [0.05, 0.1) is 0 Å². The second-order valence-electron chi connectivity index (χ2n) is 7.09. The van der Waals surface area contributed by atoms with Crippen LogP contribution < -0.4 is 10.2 Å². The Bertz CT molecular complexity index is 1150. The van der Waals surface area contributed by atoms with Crippen molar-refractivity contribution < 1.29 is 14.3 Å². The third-order valence-electron chi connectivity index (χ3n) is 5.25. The zero-order valence-corrected chi connectivity index (χ0v) is 16.7. The first-order chi connectivity index (χ1) is 14.6. The number of carbonyl (C=O) groups excluding carboxylic acids is 2. The molecule has 9 heteroatoms. The molecular formula is C21H18ClN5O3. The number of anilines is 1. The van der Waals surface area contributed by atoms with Crippen molar-refractivity contribution in [3.63, 3.8) is 0 Å². The highest BCUT2D eigenvalue weighted by Gasteiger charge is 2.41. The monoisotopic (exact) mass is 423 g/mol. The van der Waals surface area contributed by atoms with Crippen LogP contribution in [0.2, 0.25) is 5.15 Å². The molecule has 152 valence electrons. The van der Waals surface area contributed by atoms with E-state index in [1.807, 2.05) is 18.2 Å². The molecule has 5 rings (SSSR count). The minimum absolute atomic E-state index is 0.280. The number of aromatic nitrogens is 2. The molecule has 2 aliphatic heterocycles. The number of halogens is 1. The number of fused-ring (bicyclic) bond motifs is 2. The third-order valence-corrected chi connectivity index (χ3v) is 5.46. The largest absolute Gasteiger partial charge is 0.420 e. The Labute approximate surface area is 177 Å². The number of hydrogen-bond acceptors (Lipinski definition) is 6. The molecule has 0 aliphatic carbocycles. The van der Waals surface area contributed by atoms with Crippen molar-refractivity contribution in [2.24, 2.45) is 0 Å². The van der Waals surface area contributed by atoms with Crippen molar-refractivity contribution in [3.05, 3.63) is 64.8 Å². The van der Waals surface area contributed by atoms with E-state index < -0.39 is 12.3 Å². The summed E-state index contributed by atoms with van der Waals surface area (Å²) in [5, 5.41) is 4.30. The maximum Gasteiger partial charge on any atom is 0.412 e. The smallest absolute Gasteiger partial charge is 0.412 e. The summed E-state index contributed by atoms with van der Waals surface area (Å²) < 4.78 is 5.83. The molecule has 0 radical (unpaired) electrons. The SMILES string of the molecule is O=C(OC1c2ccccc2C(=O)N1c1ccc2ccc(Cl)nc2n1)N1CCNCC1. The van der Waals surface area contributed by atoms with Crippen LogP contribution >= 0.6 is 11.6 Å². The molecule has 2 aliphatic rings. The molecule has 1 unspecified atom stereocenters. The van der Waals surface area contributed by atoms with Crippen LogP contribution in [0.15, 0.2) is 48.5 Å². The summed E-state index contributed by atoms with van der Waals surface area (Å²) in [6.07, 6.45) is -1.36. The van der Waals surface area contributed by atoms with Gasteiger partial charge < -0.3 is 15.0 Å². The molecular weight excluding hydrogens is 406 g/mol. The van der Waals surface area contributed by atoms with Gasteiger partial charge in [-0.1, -0.05) is 29.8 Å². The number of amides is 2. The molecule has 30 heavy (non-hydrogen) atoms. The van der Waals surface area contributed by atoms with Gasteiger partial charge >= 0.3 is 6.09 Å². The van der Waals surface area contributed by atoms with Crippen LogP contribution in [0.3, 0.4) is 0 Å². The minimum atomic E-state index is -0.903. The Morgan fingerprint density at radius 2 is 1.83 bits per heavy atom. The zero-order chi connectivity index (χ0) is 20.7. The average molecular weight is 424 g/mol. The fraction of sp³-hybridized carbons (Fsp3) is 0.238. The molecule has 8 nitrogen and oxygen atoms in total. The van der Waals surface area contributed by atoms with E-state index in [9.17, 15) is 9.59 Å². The van der Waals surface area contributed by atoms with E-state index in [0.717, 1.165) is 5.39 Å². The molecule has 1 aromatic carbocycles. The lowest BCUT2D eigenvalue weighted by Crippen LogP contribution is -2.47. The Hall–Kier alpha value is -3.23. The summed E-state index contributed by atoms with van der Waals surface area (Å²) >= 11 is 6.00. The number of ether oxygens (including phenoxy) is 1. The van der Waals surface area contributed by atoms with Gasteiger partial charge in [0.1, 0.15) is 11.0 Å². The van der Waals surface area contributed by atoms with E-state index in [1.165, 1.54) is 4.90 Å². The fourth-order valence-electron chi connectivity index (χ4n) is 3.74. The topological polar surface area (TPSA) is 87.7 Å². The summed E-state index contributed by atoms with van der Waals surface area (Å²) in [6, 6.07) is 14.1. The Kier molecular flexibility index (Phi) is 4.72. The van der Waals surface area contributed by atoms with Crippen molar-refractivity contribution in [3.8, 4) is 0 Å². The normalized spacial score (nSPS) is 18.6. The Balaban J connectivity index is 1.53. The Morgan fingerprint density at radius 3 is 2.67 bits per heavy atom. The summed E-state index contributed by atoms with van der Waals surface area (Å²) in [7, 11) is 0. The van der Waals surface area contributed by atoms with E-state index in [0.29, 0.717) is 53.9 Å². The van der Waals surface area contributed by atoms with E-state index in [2.05, 4.69) is 15.3 Å². The molecule has 1 N–H and O–H groups in total. The highest BCUT2D eigenvalue weighted by atomic mass is 35.5. The highest BCUT2D eigenvalue weighted by Crippen LogP contribution is 2.38. The maximum absolute atomic E-state index is 13.2. The second kappa shape index (κ2) is 7.55. The van der Waals surface area contributed by atoms with Gasteiger partial charge in [-0.25, -0.2) is 14.8 Å². The van der Waals surface area contributed by atoms with Crippen LogP contribution in [0.4, 0.5) is 10.6 Å². The molecule has 1 atom stereocenters. The predicted octanol–water partition coefficient (Wildman–Crippen LogP) is 2.98. The van der Waals surface area contributed by atoms with Crippen molar-refractivity contribution in [2.75, 3.05) is 31.1 Å². The number of nitrogens with zero attached hydrogens (tertiary/aromatic N) is 4. The van der Waals surface area contributed by atoms with Crippen molar-refractivity contribution in [2.45, 2.75) is 6.23 Å². The molecule has 0 spiro atoms. The molecule has 3 aromatic rings. The van der Waals surface area contributed by atoms with Crippen LogP contribution in [0.1, 0.15) is 22.1 Å². The van der Waals surface area contributed by atoms with Gasteiger partial charge in [-0.15, -0.1) is 0 Å². The van der Waals surface area contributed by atoms with Gasteiger partial charge in [0.25, 0.3) is 5.91 Å². The summed E-state index contributed by atoms with van der Waals surface area (Å²) in [5.41, 5.74) is 1.53. The second-order valence-corrected chi connectivity index (χ2v) is 7.47. The van der Waals surface area contributed by atoms with E-state index >= 15 is 0 Å². The fourth-order valence-corrected chi connectivity index (χ4v) is 3.88. The van der Waals surface area contributed by atoms with Crippen molar-refractivity contribution in [1.82, 2.24) is 20.2 Å². The van der Waals surface area contributed by atoms with Gasteiger partial charge in [0.15, 0.2) is 5.65 Å². The van der Waals surface area contributed by atoms with E-state index in [4.69, 9.17) is 16.3 Å². The quantitative estimate of drug-likeness (QED) is 0.637.